The van der Waals surface area contributed by atoms with Gasteiger partial charge in [0, 0.05) is 6.42 Å². The van der Waals surface area contributed by atoms with Crippen LogP contribution >= 0.6 is 0 Å². The van der Waals surface area contributed by atoms with Gasteiger partial charge < -0.3 is 24.1 Å². The average Bonchev–Trinajstić information content (AvgIpc) is 4.01. The number of rotatable bonds is 12. The van der Waals surface area contributed by atoms with Gasteiger partial charge in [0.1, 0.15) is 11.2 Å². The first-order valence-corrected chi connectivity index (χ1v) is 24.3. The van der Waals surface area contributed by atoms with E-state index in [-0.39, 0.29) is 80.6 Å². The second kappa shape index (κ2) is 15.6. The third-order valence-electron chi connectivity index (χ3n) is 20.0. The van der Waals surface area contributed by atoms with Crippen LogP contribution in [0.15, 0.2) is 0 Å². The molecule has 10 rings (SSSR count). The molecule has 364 valence electrons. The largest absolute Gasteiger partial charge is 0.465 e. The van der Waals surface area contributed by atoms with E-state index in [2.05, 4.69) is 6.92 Å². The van der Waals surface area contributed by atoms with Crippen molar-refractivity contribution in [2.45, 2.75) is 167 Å². The molecule has 2 saturated heterocycles. The Hall–Kier alpha value is -2.91. The van der Waals surface area contributed by atoms with Crippen molar-refractivity contribution in [3.05, 3.63) is 0 Å². The number of hydrogen-bond donors (Lipinski definition) is 1. The number of cyclic esters (lactones) is 3. The summed E-state index contributed by atoms with van der Waals surface area (Å²) in [4.78, 5) is 71.6. The maximum Gasteiger partial charge on any atom is 0.426 e. The van der Waals surface area contributed by atoms with Gasteiger partial charge in [0.15, 0.2) is 0 Å². The quantitative estimate of drug-likeness (QED) is 0.0871. The summed E-state index contributed by atoms with van der Waals surface area (Å²) in [5.41, 5.74) is -10.1. The van der Waals surface area contributed by atoms with E-state index in [0.717, 1.165) is 51.4 Å². The number of fused-ring (bicyclic) bond motifs is 4. The Kier molecular flexibility index (Phi) is 11.3. The van der Waals surface area contributed by atoms with Crippen LogP contribution in [-0.2, 0) is 42.9 Å². The molecule has 65 heavy (non-hydrogen) atoms. The summed E-state index contributed by atoms with van der Waals surface area (Å²) < 4.78 is 108. The molecule has 0 aromatic heterocycles. The van der Waals surface area contributed by atoms with E-state index in [9.17, 15) is 45.8 Å². The van der Waals surface area contributed by atoms with Crippen LogP contribution in [0.25, 0.3) is 0 Å². The first-order chi connectivity index (χ1) is 30.1. The lowest BCUT2D eigenvalue weighted by molar-refractivity contribution is -0.373. The van der Waals surface area contributed by atoms with Gasteiger partial charge in [-0.1, -0.05) is 13.8 Å². The van der Waals surface area contributed by atoms with E-state index in [1.165, 1.54) is 0 Å². The Labute approximate surface area is 376 Å². The fourth-order valence-electron chi connectivity index (χ4n) is 17.0. The fraction of sp³-hybridized carbons (Fsp3) is 0.898. The van der Waals surface area contributed by atoms with E-state index in [4.69, 9.17) is 18.9 Å². The molecule has 0 aromatic carbocycles. The van der Waals surface area contributed by atoms with Crippen LogP contribution in [0.1, 0.15) is 138 Å². The molecule has 2 heterocycles. The number of esters is 5. The molecule has 8 bridgehead atoms. The molecule has 10 fully saturated rings. The number of aliphatic hydroxyl groups is 1. The van der Waals surface area contributed by atoms with Gasteiger partial charge in [0.25, 0.3) is 5.60 Å². The Morgan fingerprint density at radius 3 is 1.92 bits per heavy atom. The number of halogens is 6. The van der Waals surface area contributed by atoms with E-state index < -0.39 is 112 Å². The van der Waals surface area contributed by atoms with Gasteiger partial charge >= 0.3 is 42.2 Å². The molecule has 1 N–H and O–H groups in total. The zero-order chi connectivity index (χ0) is 47.2. The maximum absolute atomic E-state index is 15.6. The van der Waals surface area contributed by atoms with Crippen molar-refractivity contribution in [3.63, 3.8) is 0 Å². The van der Waals surface area contributed by atoms with Gasteiger partial charge in [0.2, 0.25) is 0 Å². The zero-order valence-corrected chi connectivity index (χ0v) is 38.4. The third kappa shape index (κ3) is 7.55. The van der Waals surface area contributed by atoms with Crippen LogP contribution in [0, 0.1) is 99.6 Å². The van der Waals surface area contributed by atoms with Crippen LogP contribution in [0.2, 0.25) is 0 Å². The predicted molar refractivity (Wildman–Crippen MR) is 217 cm³/mol. The molecule has 16 heteroatoms. The molecule has 0 amide bonds. The first kappa shape index (κ1) is 47.2. The van der Waals surface area contributed by atoms with Crippen molar-refractivity contribution in [3.8, 4) is 0 Å². The third-order valence-corrected chi connectivity index (χ3v) is 20.0. The number of hydrogen-bond acceptors (Lipinski definition) is 10. The van der Waals surface area contributed by atoms with Crippen molar-refractivity contribution in [2.75, 3.05) is 6.61 Å². The summed E-state index contributed by atoms with van der Waals surface area (Å²) in [5, 5.41) is 10.3. The minimum Gasteiger partial charge on any atom is -0.465 e. The van der Waals surface area contributed by atoms with E-state index in [1.54, 1.807) is 27.7 Å². The Morgan fingerprint density at radius 1 is 0.754 bits per heavy atom. The Morgan fingerprint density at radius 2 is 1.37 bits per heavy atom. The second-order valence-corrected chi connectivity index (χ2v) is 24.0. The second-order valence-electron chi connectivity index (χ2n) is 24.0. The normalized spacial score (nSPS) is 45.1. The van der Waals surface area contributed by atoms with Crippen molar-refractivity contribution < 1.29 is 74.4 Å². The van der Waals surface area contributed by atoms with Gasteiger partial charge in [-0.15, -0.1) is 0 Å². The summed E-state index contributed by atoms with van der Waals surface area (Å²) in [5.74, 6) is -8.61. The summed E-state index contributed by atoms with van der Waals surface area (Å²) >= 11 is 0. The summed E-state index contributed by atoms with van der Waals surface area (Å²) in [6.45, 7) is 11.1. The fourth-order valence-corrected chi connectivity index (χ4v) is 17.0. The van der Waals surface area contributed by atoms with Crippen molar-refractivity contribution in [1.82, 2.24) is 0 Å². The standard InChI is InChI=1S/C49H66F6O10/c1-23-29-17-30(19-47(61,48(50,51)52)49(53,54)55)33(18-29)36(23)37-34(39(57)63-40(37)58)20-43(3,41(59)65-46(6)31-12-25-11-26(14-31)15-32(46)13-25)22-45(5,38-24(2)27-7-8-28(38)16-27)42(60)64-44(4)9-10-62-35(56)21-44/h23-34,36-38,61H,7-22H2,1-6H3. The summed E-state index contributed by atoms with van der Waals surface area (Å²) in [6.07, 6.45) is -6.35. The molecule has 14 atom stereocenters. The number of carbonyl (C=O) groups is 5. The Bertz CT molecular complexity index is 1920. The van der Waals surface area contributed by atoms with Crippen LogP contribution in [0.4, 0.5) is 26.3 Å². The van der Waals surface area contributed by atoms with Gasteiger partial charge in [-0.25, -0.2) is 0 Å². The van der Waals surface area contributed by atoms with E-state index in [0.29, 0.717) is 17.8 Å². The van der Waals surface area contributed by atoms with Crippen LogP contribution < -0.4 is 0 Å². The Balaban J connectivity index is 1.08. The van der Waals surface area contributed by atoms with Crippen molar-refractivity contribution in [1.29, 1.82) is 0 Å². The SMILES string of the molecule is CC1C2CC(CC(O)(C(F)(F)F)C(F)(F)F)C(C2)C1C1C(=O)OC(=O)C1CC(C)(CC(C)(C(=O)OC1(C)CCOC(=O)C1)C1C2CCC(C2)C1C)C(=O)OC1(C)C2CC3CC(C2)CC1C3. The highest BCUT2D eigenvalue weighted by molar-refractivity contribution is 5.97. The van der Waals surface area contributed by atoms with Gasteiger partial charge in [0.05, 0.1) is 35.7 Å². The average molecular weight is 929 g/mol. The molecular weight excluding hydrogens is 863 g/mol. The highest BCUT2D eigenvalue weighted by Crippen LogP contribution is 2.66. The topological polar surface area (TPSA) is 142 Å². The molecule has 8 saturated carbocycles. The number of carbonyl (C=O) groups excluding carboxylic acids is 5. The lowest BCUT2D eigenvalue weighted by Gasteiger charge is -2.59. The molecule has 0 aromatic rings. The molecule has 2 aliphatic heterocycles. The predicted octanol–water partition coefficient (Wildman–Crippen LogP) is 9.33. The first-order valence-electron chi connectivity index (χ1n) is 24.3. The molecule has 0 spiro atoms. The van der Waals surface area contributed by atoms with E-state index in [1.807, 2.05) is 6.92 Å². The molecular formula is C49H66F6O10. The zero-order valence-electron chi connectivity index (χ0n) is 38.4. The molecule has 10 nitrogen and oxygen atoms in total. The van der Waals surface area contributed by atoms with Crippen LogP contribution in [0.5, 0.6) is 0 Å². The van der Waals surface area contributed by atoms with Crippen molar-refractivity contribution in [2.24, 2.45) is 99.6 Å². The summed E-state index contributed by atoms with van der Waals surface area (Å²) in [7, 11) is 0. The van der Waals surface area contributed by atoms with Gasteiger partial charge in [-0.2, -0.15) is 26.3 Å². The maximum atomic E-state index is 15.6. The van der Waals surface area contributed by atoms with Gasteiger partial charge in [-0.05, 0) is 188 Å². The molecule has 8 aliphatic carbocycles. The lowest BCUT2D eigenvalue weighted by Crippen LogP contribution is -2.59. The molecule has 14 unspecified atom stereocenters. The van der Waals surface area contributed by atoms with Crippen molar-refractivity contribution >= 4 is 29.8 Å². The van der Waals surface area contributed by atoms with Crippen LogP contribution in [-0.4, -0.2) is 70.7 Å². The van der Waals surface area contributed by atoms with Gasteiger partial charge in [-0.3, -0.25) is 24.0 Å². The highest BCUT2D eigenvalue weighted by Gasteiger charge is 2.73. The number of alkyl halides is 6. The minimum absolute atomic E-state index is 0.0251. The molecule has 0 radical (unpaired) electrons. The minimum atomic E-state index is -6.02. The molecule has 10 aliphatic rings. The monoisotopic (exact) mass is 928 g/mol. The lowest BCUT2D eigenvalue weighted by atomic mass is 9.50. The smallest absolute Gasteiger partial charge is 0.426 e. The van der Waals surface area contributed by atoms with E-state index >= 15 is 9.59 Å². The number of ether oxygens (including phenoxy) is 4. The summed E-state index contributed by atoms with van der Waals surface area (Å²) in [6, 6.07) is 0. The highest BCUT2D eigenvalue weighted by atomic mass is 19.4. The van der Waals surface area contributed by atoms with Crippen LogP contribution in [0.3, 0.4) is 0 Å².